The molecule has 0 amide bonds. The first-order chi connectivity index (χ1) is 7.40. The van der Waals surface area contributed by atoms with Crippen molar-refractivity contribution in [3.63, 3.8) is 0 Å². The van der Waals surface area contributed by atoms with Crippen LogP contribution in [0.4, 0.5) is 5.95 Å². The molecule has 1 saturated heterocycles. The summed E-state index contributed by atoms with van der Waals surface area (Å²) in [6.45, 7) is 5.58. The Morgan fingerprint density at radius 3 is 3.40 bits per heavy atom. The third-order valence-corrected chi connectivity index (χ3v) is 3.95. The highest BCUT2D eigenvalue weighted by Crippen LogP contribution is 2.26. The van der Waals surface area contributed by atoms with Crippen molar-refractivity contribution >= 4 is 17.7 Å². The highest BCUT2D eigenvalue weighted by atomic mass is 32.2. The van der Waals surface area contributed by atoms with Gasteiger partial charge in [-0.15, -0.1) is 6.58 Å². The van der Waals surface area contributed by atoms with Gasteiger partial charge in [-0.3, -0.25) is 0 Å². The maximum Gasteiger partial charge on any atom is 0.203 e. The van der Waals surface area contributed by atoms with Gasteiger partial charge < -0.3 is 9.88 Å². The molecule has 0 aromatic carbocycles. The zero-order valence-corrected chi connectivity index (χ0v) is 9.67. The lowest BCUT2D eigenvalue weighted by molar-refractivity contribution is 0.778. The van der Waals surface area contributed by atoms with Gasteiger partial charge in [0.25, 0.3) is 0 Å². The van der Waals surface area contributed by atoms with Crippen LogP contribution < -0.4 is 5.32 Å². The number of hydrogen-bond acceptors (Lipinski definition) is 3. The molecule has 1 aliphatic heterocycles. The van der Waals surface area contributed by atoms with Crippen LogP contribution in [0, 0.1) is 0 Å². The summed E-state index contributed by atoms with van der Waals surface area (Å²) in [4.78, 5) is 4.29. The number of nitrogens with zero attached hydrogens (tertiary/aromatic N) is 2. The van der Waals surface area contributed by atoms with E-state index >= 15 is 0 Å². The summed E-state index contributed by atoms with van der Waals surface area (Å²) in [5, 5.41) is 4.17. The third-order valence-electron chi connectivity index (χ3n) is 2.55. The zero-order chi connectivity index (χ0) is 10.5. The summed E-state index contributed by atoms with van der Waals surface area (Å²) in [5.74, 6) is 2.27. The second kappa shape index (κ2) is 5.26. The largest absolute Gasteiger partial charge is 0.355 e. The van der Waals surface area contributed by atoms with Gasteiger partial charge in [-0.2, -0.15) is 11.8 Å². The van der Waals surface area contributed by atoms with Gasteiger partial charge >= 0.3 is 0 Å². The van der Waals surface area contributed by atoms with Crippen molar-refractivity contribution in [3.05, 3.63) is 25.0 Å². The Morgan fingerprint density at radius 1 is 1.73 bits per heavy atom. The van der Waals surface area contributed by atoms with Crippen LogP contribution in [0.15, 0.2) is 25.0 Å². The first kappa shape index (κ1) is 10.6. The van der Waals surface area contributed by atoms with Crippen molar-refractivity contribution < 1.29 is 0 Å². The minimum Gasteiger partial charge on any atom is -0.355 e. The smallest absolute Gasteiger partial charge is 0.203 e. The van der Waals surface area contributed by atoms with E-state index < -0.39 is 0 Å². The number of anilines is 1. The number of hydrogen-bond donors (Lipinski definition) is 1. The van der Waals surface area contributed by atoms with Crippen LogP contribution >= 0.6 is 11.8 Å². The Labute approximate surface area is 95.0 Å². The molecule has 4 heteroatoms. The third kappa shape index (κ3) is 2.78. The molecule has 1 unspecified atom stereocenters. The van der Waals surface area contributed by atoms with Crippen molar-refractivity contribution in [2.24, 2.45) is 0 Å². The van der Waals surface area contributed by atoms with Gasteiger partial charge in [0.05, 0.1) is 0 Å². The van der Waals surface area contributed by atoms with Crippen LogP contribution in [-0.4, -0.2) is 27.1 Å². The molecule has 1 fully saturated rings. The molecule has 0 spiro atoms. The molecular weight excluding hydrogens is 206 g/mol. The number of imidazole rings is 1. The fourth-order valence-corrected chi connectivity index (χ4v) is 2.97. The van der Waals surface area contributed by atoms with Crippen molar-refractivity contribution in [2.45, 2.75) is 24.6 Å². The minimum atomic E-state index is 0.763. The molecule has 82 valence electrons. The molecular formula is C11H17N3S. The topological polar surface area (TPSA) is 29.9 Å². The van der Waals surface area contributed by atoms with E-state index in [0.29, 0.717) is 0 Å². The molecule has 2 rings (SSSR count). The van der Waals surface area contributed by atoms with Crippen LogP contribution in [-0.2, 0) is 6.54 Å². The Morgan fingerprint density at radius 2 is 2.67 bits per heavy atom. The summed E-state index contributed by atoms with van der Waals surface area (Å²) in [6.07, 6.45) is 8.38. The van der Waals surface area contributed by atoms with Crippen molar-refractivity contribution in [3.8, 4) is 0 Å². The molecule has 1 N–H and O–H groups in total. The van der Waals surface area contributed by atoms with E-state index in [1.807, 2.05) is 18.5 Å². The summed E-state index contributed by atoms with van der Waals surface area (Å²) >= 11 is 2.06. The van der Waals surface area contributed by atoms with Crippen molar-refractivity contribution in [1.82, 2.24) is 9.55 Å². The maximum atomic E-state index is 4.29. The van der Waals surface area contributed by atoms with Crippen LogP contribution in [0.25, 0.3) is 0 Å². The fourth-order valence-electron chi connectivity index (χ4n) is 1.77. The summed E-state index contributed by atoms with van der Waals surface area (Å²) in [5.41, 5.74) is 0. The van der Waals surface area contributed by atoms with Crippen LogP contribution in [0.1, 0.15) is 12.8 Å². The molecule has 0 radical (unpaired) electrons. The summed E-state index contributed by atoms with van der Waals surface area (Å²) < 4.78 is 2.08. The standard InChI is InChI=1S/C11H17N3S/c1-2-6-14-7-5-12-11(14)13-9-10-4-3-8-15-10/h2,5,7,10H,1,3-4,6,8-9H2,(H,12,13). The zero-order valence-electron chi connectivity index (χ0n) is 8.85. The first-order valence-electron chi connectivity index (χ1n) is 5.37. The number of nitrogens with one attached hydrogen (secondary N) is 1. The second-order valence-corrected chi connectivity index (χ2v) is 5.12. The van der Waals surface area contributed by atoms with Gasteiger partial charge in [0.15, 0.2) is 0 Å². The Hall–Kier alpha value is -0.900. The van der Waals surface area contributed by atoms with Crippen LogP contribution in [0.2, 0.25) is 0 Å². The Bertz CT molecular complexity index is 315. The molecule has 0 saturated carbocycles. The number of allylic oxidation sites excluding steroid dienone is 1. The normalized spacial score (nSPS) is 20.4. The van der Waals surface area contributed by atoms with E-state index in [-0.39, 0.29) is 0 Å². The average molecular weight is 223 g/mol. The Balaban J connectivity index is 1.86. The molecule has 2 heterocycles. The van der Waals surface area contributed by atoms with Crippen LogP contribution in [0.3, 0.4) is 0 Å². The first-order valence-corrected chi connectivity index (χ1v) is 6.42. The van der Waals surface area contributed by atoms with E-state index in [1.165, 1.54) is 18.6 Å². The molecule has 1 aromatic rings. The van der Waals surface area contributed by atoms with E-state index in [4.69, 9.17) is 0 Å². The quantitative estimate of drug-likeness (QED) is 0.777. The minimum absolute atomic E-state index is 0.763. The van der Waals surface area contributed by atoms with Crippen LogP contribution in [0.5, 0.6) is 0 Å². The second-order valence-electron chi connectivity index (χ2n) is 3.71. The molecule has 3 nitrogen and oxygen atoms in total. The average Bonchev–Trinajstić information content (AvgIpc) is 2.85. The van der Waals surface area contributed by atoms with E-state index in [2.05, 4.69) is 33.2 Å². The van der Waals surface area contributed by atoms with Gasteiger partial charge in [0.2, 0.25) is 5.95 Å². The summed E-state index contributed by atoms with van der Waals surface area (Å²) in [7, 11) is 0. The lowest BCUT2D eigenvalue weighted by atomic mass is 10.2. The molecule has 1 atom stereocenters. The van der Waals surface area contributed by atoms with Crippen molar-refractivity contribution in [2.75, 3.05) is 17.6 Å². The molecule has 1 aromatic heterocycles. The number of thioether (sulfide) groups is 1. The van der Waals surface area contributed by atoms with E-state index in [9.17, 15) is 0 Å². The lowest BCUT2D eigenvalue weighted by Crippen LogP contribution is -2.16. The summed E-state index contributed by atoms with van der Waals surface area (Å²) in [6, 6.07) is 0. The van der Waals surface area contributed by atoms with Gasteiger partial charge in [-0.25, -0.2) is 4.98 Å². The number of rotatable bonds is 5. The molecule has 1 aliphatic rings. The van der Waals surface area contributed by atoms with Gasteiger partial charge in [-0.1, -0.05) is 6.08 Å². The maximum absolute atomic E-state index is 4.29. The SMILES string of the molecule is C=CCn1ccnc1NCC1CCCS1. The van der Waals surface area contributed by atoms with E-state index in [0.717, 1.165) is 24.3 Å². The highest BCUT2D eigenvalue weighted by Gasteiger charge is 2.15. The van der Waals surface area contributed by atoms with E-state index in [1.54, 1.807) is 0 Å². The lowest BCUT2D eigenvalue weighted by Gasteiger charge is -2.11. The van der Waals surface area contributed by atoms with Gasteiger partial charge in [-0.05, 0) is 18.6 Å². The fraction of sp³-hybridized carbons (Fsp3) is 0.545. The highest BCUT2D eigenvalue weighted by molar-refractivity contribution is 8.00. The Kier molecular flexibility index (Phi) is 3.72. The van der Waals surface area contributed by atoms with Crippen molar-refractivity contribution in [1.29, 1.82) is 0 Å². The van der Waals surface area contributed by atoms with Gasteiger partial charge in [0.1, 0.15) is 0 Å². The number of aromatic nitrogens is 2. The predicted molar refractivity (Wildman–Crippen MR) is 66.4 cm³/mol. The predicted octanol–water partition coefficient (Wildman–Crippen LogP) is 2.38. The molecule has 0 aliphatic carbocycles. The van der Waals surface area contributed by atoms with Gasteiger partial charge in [0, 0.05) is 30.7 Å². The monoisotopic (exact) mass is 223 g/mol. The molecule has 0 bridgehead atoms. The molecule has 15 heavy (non-hydrogen) atoms.